The first-order valence-corrected chi connectivity index (χ1v) is 10.5. The third-order valence-corrected chi connectivity index (χ3v) is 5.49. The van der Waals surface area contributed by atoms with Crippen LogP contribution in [-0.2, 0) is 13.5 Å². The molecule has 1 aliphatic heterocycles. The molecule has 1 aromatic carbocycles. The Hall–Kier alpha value is -2.73. The number of aryl methyl sites for hydroxylation is 1. The number of fused-ring (bicyclic) bond motifs is 1. The lowest BCUT2D eigenvalue weighted by Gasteiger charge is -2.15. The quantitative estimate of drug-likeness (QED) is 0.697. The molecule has 0 aliphatic carbocycles. The first-order chi connectivity index (χ1) is 14.0. The number of rotatable bonds is 6. The number of nitrogens with zero attached hydrogens (tertiary/aromatic N) is 4. The number of anilines is 1. The van der Waals surface area contributed by atoms with E-state index in [9.17, 15) is 4.79 Å². The minimum atomic E-state index is -0.0885. The van der Waals surface area contributed by atoms with E-state index < -0.39 is 0 Å². The SMILES string of the molecule is CC(C)Nc1nc(-c2ccc(CCN3CCCC3)cc2)cc2ncn(C)c(=O)c12. The molecule has 3 heterocycles. The second-order valence-electron chi connectivity index (χ2n) is 8.21. The summed E-state index contributed by atoms with van der Waals surface area (Å²) in [6.45, 7) is 7.67. The monoisotopic (exact) mass is 391 g/mol. The van der Waals surface area contributed by atoms with E-state index in [0.717, 1.165) is 24.2 Å². The Kier molecular flexibility index (Phi) is 5.62. The molecule has 6 nitrogen and oxygen atoms in total. The van der Waals surface area contributed by atoms with Crippen LogP contribution in [-0.4, -0.2) is 45.1 Å². The van der Waals surface area contributed by atoms with Gasteiger partial charge in [-0.2, -0.15) is 0 Å². The molecule has 0 radical (unpaired) electrons. The molecule has 152 valence electrons. The molecule has 1 aliphatic rings. The third-order valence-electron chi connectivity index (χ3n) is 5.49. The van der Waals surface area contributed by atoms with Crippen LogP contribution in [0.2, 0.25) is 0 Å². The zero-order valence-corrected chi connectivity index (χ0v) is 17.5. The Labute approximate surface area is 171 Å². The number of likely N-dealkylation sites (tertiary alicyclic amines) is 1. The van der Waals surface area contributed by atoms with Crippen molar-refractivity contribution in [2.24, 2.45) is 7.05 Å². The molecular formula is C23H29N5O. The Bertz CT molecular complexity index is 1050. The molecule has 4 rings (SSSR count). The molecule has 1 N–H and O–H groups in total. The summed E-state index contributed by atoms with van der Waals surface area (Å²) in [6, 6.07) is 10.7. The molecule has 0 saturated carbocycles. The van der Waals surface area contributed by atoms with Crippen molar-refractivity contribution in [1.29, 1.82) is 0 Å². The van der Waals surface area contributed by atoms with E-state index in [0.29, 0.717) is 16.7 Å². The maximum absolute atomic E-state index is 12.6. The van der Waals surface area contributed by atoms with Gasteiger partial charge in [-0.25, -0.2) is 9.97 Å². The maximum Gasteiger partial charge on any atom is 0.264 e. The van der Waals surface area contributed by atoms with Crippen molar-refractivity contribution < 1.29 is 0 Å². The largest absolute Gasteiger partial charge is 0.367 e. The Morgan fingerprint density at radius 2 is 1.86 bits per heavy atom. The molecule has 0 spiro atoms. The van der Waals surface area contributed by atoms with Crippen LogP contribution >= 0.6 is 0 Å². The van der Waals surface area contributed by atoms with Gasteiger partial charge >= 0.3 is 0 Å². The molecule has 29 heavy (non-hydrogen) atoms. The van der Waals surface area contributed by atoms with Crippen LogP contribution in [0.15, 0.2) is 41.5 Å². The summed E-state index contributed by atoms with van der Waals surface area (Å²) in [4.78, 5) is 24.4. The van der Waals surface area contributed by atoms with E-state index in [1.165, 1.54) is 36.1 Å². The summed E-state index contributed by atoms with van der Waals surface area (Å²) in [6.07, 6.45) is 5.30. The summed E-state index contributed by atoms with van der Waals surface area (Å²) in [5, 5.41) is 3.86. The minimum absolute atomic E-state index is 0.0885. The fourth-order valence-corrected chi connectivity index (χ4v) is 3.88. The highest BCUT2D eigenvalue weighted by Crippen LogP contribution is 2.25. The fraction of sp³-hybridized carbons (Fsp3) is 0.435. The maximum atomic E-state index is 12.6. The van der Waals surface area contributed by atoms with Crippen molar-refractivity contribution in [3.05, 3.63) is 52.6 Å². The third kappa shape index (κ3) is 4.32. The zero-order chi connectivity index (χ0) is 20.4. The van der Waals surface area contributed by atoms with E-state index in [1.54, 1.807) is 13.4 Å². The van der Waals surface area contributed by atoms with Gasteiger partial charge in [0.25, 0.3) is 5.56 Å². The average Bonchev–Trinajstić information content (AvgIpc) is 3.22. The molecule has 3 aromatic rings. The number of aromatic nitrogens is 3. The Morgan fingerprint density at radius 1 is 1.14 bits per heavy atom. The summed E-state index contributed by atoms with van der Waals surface area (Å²) in [7, 11) is 1.71. The molecule has 0 amide bonds. The minimum Gasteiger partial charge on any atom is -0.367 e. The van der Waals surface area contributed by atoms with Crippen molar-refractivity contribution in [2.75, 3.05) is 25.0 Å². The molecule has 2 aromatic heterocycles. The number of hydrogen-bond acceptors (Lipinski definition) is 5. The highest BCUT2D eigenvalue weighted by molar-refractivity contribution is 5.91. The van der Waals surface area contributed by atoms with E-state index >= 15 is 0 Å². The van der Waals surface area contributed by atoms with Crippen molar-refractivity contribution in [2.45, 2.75) is 39.2 Å². The predicted octanol–water partition coefficient (Wildman–Crippen LogP) is 3.45. The van der Waals surface area contributed by atoms with Gasteiger partial charge in [-0.05, 0) is 57.8 Å². The van der Waals surface area contributed by atoms with Crippen molar-refractivity contribution >= 4 is 16.7 Å². The first-order valence-electron chi connectivity index (χ1n) is 10.5. The lowest BCUT2D eigenvalue weighted by atomic mass is 10.1. The molecule has 0 unspecified atom stereocenters. The van der Waals surface area contributed by atoms with Crippen molar-refractivity contribution in [3.63, 3.8) is 0 Å². The lowest BCUT2D eigenvalue weighted by molar-refractivity contribution is 0.343. The molecule has 6 heteroatoms. The van der Waals surface area contributed by atoms with Crippen LogP contribution in [0.5, 0.6) is 0 Å². The Balaban J connectivity index is 1.64. The molecule has 0 atom stereocenters. The van der Waals surface area contributed by atoms with Gasteiger partial charge in [0.05, 0.1) is 17.5 Å². The number of benzene rings is 1. The second-order valence-corrected chi connectivity index (χ2v) is 8.21. The van der Waals surface area contributed by atoms with Gasteiger partial charge in [-0.1, -0.05) is 24.3 Å². The van der Waals surface area contributed by atoms with Gasteiger partial charge in [-0.15, -0.1) is 0 Å². The smallest absolute Gasteiger partial charge is 0.264 e. The van der Waals surface area contributed by atoms with E-state index in [4.69, 9.17) is 4.98 Å². The highest BCUT2D eigenvalue weighted by atomic mass is 16.1. The van der Waals surface area contributed by atoms with Crippen molar-refractivity contribution in [3.8, 4) is 11.3 Å². The van der Waals surface area contributed by atoms with E-state index in [-0.39, 0.29) is 11.6 Å². The topological polar surface area (TPSA) is 63.1 Å². The molecular weight excluding hydrogens is 362 g/mol. The second kappa shape index (κ2) is 8.33. The van der Waals surface area contributed by atoms with E-state index in [1.807, 2.05) is 19.9 Å². The lowest BCUT2D eigenvalue weighted by Crippen LogP contribution is -2.21. The summed E-state index contributed by atoms with van der Waals surface area (Å²) < 4.78 is 1.49. The number of hydrogen-bond donors (Lipinski definition) is 1. The van der Waals surface area contributed by atoms with Crippen LogP contribution in [0.1, 0.15) is 32.3 Å². The van der Waals surface area contributed by atoms with Gasteiger partial charge < -0.3 is 14.8 Å². The van der Waals surface area contributed by atoms with Crippen LogP contribution in [0.4, 0.5) is 5.82 Å². The standard InChI is InChI=1S/C23H29N5O/c1-16(2)25-22-21-20(24-15-27(3)23(21)29)14-19(26-22)18-8-6-17(7-9-18)10-13-28-11-4-5-12-28/h6-9,14-16H,4-5,10-13H2,1-3H3,(H,25,26). The number of pyridine rings is 1. The normalized spacial score (nSPS) is 14.8. The van der Waals surface area contributed by atoms with Gasteiger partial charge in [-0.3, -0.25) is 4.79 Å². The van der Waals surface area contributed by atoms with Crippen LogP contribution in [0.3, 0.4) is 0 Å². The summed E-state index contributed by atoms with van der Waals surface area (Å²) in [5.41, 5.74) is 3.78. The van der Waals surface area contributed by atoms with Gasteiger partial charge in [0.15, 0.2) is 0 Å². The predicted molar refractivity (Wildman–Crippen MR) is 118 cm³/mol. The van der Waals surface area contributed by atoms with Gasteiger partial charge in [0, 0.05) is 25.2 Å². The summed E-state index contributed by atoms with van der Waals surface area (Å²) >= 11 is 0. The summed E-state index contributed by atoms with van der Waals surface area (Å²) in [5.74, 6) is 0.597. The average molecular weight is 392 g/mol. The number of nitrogens with one attached hydrogen (secondary N) is 1. The van der Waals surface area contributed by atoms with Crippen molar-refractivity contribution in [1.82, 2.24) is 19.4 Å². The first kappa shape index (κ1) is 19.6. The molecule has 1 saturated heterocycles. The van der Waals surface area contributed by atoms with Crippen LogP contribution in [0.25, 0.3) is 22.2 Å². The zero-order valence-electron chi connectivity index (χ0n) is 17.5. The molecule has 1 fully saturated rings. The van der Waals surface area contributed by atoms with E-state index in [2.05, 4.69) is 39.5 Å². The van der Waals surface area contributed by atoms with Crippen LogP contribution in [0, 0.1) is 0 Å². The highest BCUT2D eigenvalue weighted by Gasteiger charge is 2.14. The fourth-order valence-electron chi connectivity index (χ4n) is 3.88. The van der Waals surface area contributed by atoms with Crippen LogP contribution < -0.4 is 10.9 Å². The Morgan fingerprint density at radius 3 is 2.55 bits per heavy atom. The van der Waals surface area contributed by atoms with Gasteiger partial charge in [0.1, 0.15) is 11.2 Å². The van der Waals surface area contributed by atoms with Gasteiger partial charge in [0.2, 0.25) is 0 Å². The molecule has 0 bridgehead atoms.